The number of rotatable bonds is 4. The Hall–Kier alpha value is -3.05. The molecule has 6 heteroatoms. The van der Waals surface area contributed by atoms with E-state index in [2.05, 4.69) is 4.98 Å². The van der Waals surface area contributed by atoms with Crippen LogP contribution in [0.5, 0.6) is 5.75 Å². The number of aromatic amines is 1. The Morgan fingerprint density at radius 1 is 1.11 bits per heavy atom. The fraction of sp³-hybridized carbons (Fsp3) is 0.182. The minimum atomic E-state index is -0.430. The lowest BCUT2D eigenvalue weighted by Gasteiger charge is -2.25. The molecule has 0 aliphatic carbocycles. The molecule has 0 bridgehead atoms. The molecule has 0 saturated heterocycles. The molecule has 0 aliphatic heterocycles. The summed E-state index contributed by atoms with van der Waals surface area (Å²) < 4.78 is 0. The van der Waals surface area contributed by atoms with Gasteiger partial charge >= 0.3 is 0 Å². The molecule has 28 heavy (non-hydrogen) atoms. The van der Waals surface area contributed by atoms with Crippen LogP contribution >= 0.6 is 11.6 Å². The van der Waals surface area contributed by atoms with E-state index in [1.165, 1.54) is 4.90 Å². The lowest BCUT2D eigenvalue weighted by Crippen LogP contribution is -2.34. The summed E-state index contributed by atoms with van der Waals surface area (Å²) in [5.74, 6) is -0.220. The summed E-state index contributed by atoms with van der Waals surface area (Å²) >= 11 is 5.93. The number of carbonyl (C=O) groups excluding carboxylic acids is 1. The molecule has 2 N–H and O–H groups in total. The van der Waals surface area contributed by atoms with Gasteiger partial charge in [0.1, 0.15) is 11.3 Å². The van der Waals surface area contributed by atoms with Gasteiger partial charge in [0, 0.05) is 23.3 Å². The van der Waals surface area contributed by atoms with Gasteiger partial charge in [-0.2, -0.15) is 0 Å². The first-order valence-corrected chi connectivity index (χ1v) is 9.21. The number of nitrogens with zero attached hydrogens (tertiary/aromatic N) is 1. The smallest absolute Gasteiger partial charge is 0.261 e. The van der Waals surface area contributed by atoms with Crippen molar-refractivity contribution in [3.8, 4) is 16.9 Å². The number of benzene rings is 2. The van der Waals surface area contributed by atoms with Gasteiger partial charge in [0.2, 0.25) is 0 Å². The van der Waals surface area contributed by atoms with Crippen LogP contribution in [0.3, 0.4) is 0 Å². The number of H-pyrrole nitrogens is 1. The molecule has 144 valence electrons. The Morgan fingerprint density at radius 3 is 2.32 bits per heavy atom. The van der Waals surface area contributed by atoms with E-state index in [1.54, 1.807) is 56.4 Å². The molecular weight excluding hydrogens is 376 g/mol. The number of amides is 1. The van der Waals surface area contributed by atoms with Crippen molar-refractivity contribution in [1.82, 2.24) is 9.88 Å². The zero-order chi connectivity index (χ0) is 20.4. The quantitative estimate of drug-likeness (QED) is 0.679. The van der Waals surface area contributed by atoms with Crippen molar-refractivity contribution in [2.24, 2.45) is 0 Å². The summed E-state index contributed by atoms with van der Waals surface area (Å²) in [6, 6.07) is 15.2. The van der Waals surface area contributed by atoms with E-state index in [-0.39, 0.29) is 23.3 Å². The third-order valence-electron chi connectivity index (χ3n) is 4.90. The van der Waals surface area contributed by atoms with E-state index in [0.717, 1.165) is 16.7 Å². The zero-order valence-electron chi connectivity index (χ0n) is 15.9. The Kier molecular flexibility index (Phi) is 5.56. The first-order valence-electron chi connectivity index (χ1n) is 8.84. The van der Waals surface area contributed by atoms with E-state index < -0.39 is 5.56 Å². The van der Waals surface area contributed by atoms with E-state index in [4.69, 9.17) is 11.6 Å². The average molecular weight is 397 g/mol. The zero-order valence-corrected chi connectivity index (χ0v) is 16.6. The number of pyridine rings is 1. The molecule has 1 aromatic heterocycles. The van der Waals surface area contributed by atoms with E-state index in [1.807, 2.05) is 19.1 Å². The van der Waals surface area contributed by atoms with Gasteiger partial charge < -0.3 is 15.0 Å². The number of hydrogen-bond donors (Lipinski definition) is 2. The van der Waals surface area contributed by atoms with Crippen molar-refractivity contribution in [3.05, 3.63) is 86.8 Å². The molecule has 3 aromatic rings. The third kappa shape index (κ3) is 3.94. The summed E-state index contributed by atoms with van der Waals surface area (Å²) in [5, 5.41) is 10.1. The van der Waals surface area contributed by atoms with Crippen molar-refractivity contribution in [3.63, 3.8) is 0 Å². The predicted octanol–water partition coefficient (Wildman–Crippen LogP) is 4.54. The SMILES string of the molecule is Cc1[nH]c(=O)c(C(=O)N(C)C(C)c2ccc(Cl)cc2)cc1-c1ccc(O)cc1. The van der Waals surface area contributed by atoms with Gasteiger partial charge in [0.25, 0.3) is 11.5 Å². The van der Waals surface area contributed by atoms with Gasteiger partial charge in [-0.25, -0.2) is 0 Å². The topological polar surface area (TPSA) is 73.4 Å². The van der Waals surface area contributed by atoms with Crippen molar-refractivity contribution < 1.29 is 9.90 Å². The van der Waals surface area contributed by atoms with Crippen molar-refractivity contribution in [1.29, 1.82) is 0 Å². The lowest BCUT2D eigenvalue weighted by atomic mass is 10.0. The highest BCUT2D eigenvalue weighted by molar-refractivity contribution is 6.30. The fourth-order valence-electron chi connectivity index (χ4n) is 3.05. The van der Waals surface area contributed by atoms with Gasteiger partial charge in [-0.05, 0) is 55.3 Å². The highest BCUT2D eigenvalue weighted by Gasteiger charge is 2.22. The van der Waals surface area contributed by atoms with Crippen LogP contribution in [0.1, 0.15) is 34.6 Å². The molecule has 0 spiro atoms. The monoisotopic (exact) mass is 396 g/mol. The largest absolute Gasteiger partial charge is 0.508 e. The highest BCUT2D eigenvalue weighted by atomic mass is 35.5. The van der Waals surface area contributed by atoms with Crippen LogP contribution in [0.2, 0.25) is 5.02 Å². The van der Waals surface area contributed by atoms with Crippen molar-refractivity contribution >= 4 is 17.5 Å². The summed E-state index contributed by atoms with van der Waals surface area (Å²) in [7, 11) is 1.67. The number of halogens is 1. The minimum absolute atomic E-state index is 0.0667. The molecule has 0 radical (unpaired) electrons. The second-order valence-corrected chi connectivity index (χ2v) is 7.18. The van der Waals surface area contributed by atoms with Gasteiger partial charge in [-0.15, -0.1) is 0 Å². The molecular formula is C22H21ClN2O3. The second-order valence-electron chi connectivity index (χ2n) is 6.74. The maximum absolute atomic E-state index is 13.0. The van der Waals surface area contributed by atoms with E-state index in [9.17, 15) is 14.7 Å². The summed E-state index contributed by atoms with van der Waals surface area (Å²) in [6.45, 7) is 3.67. The summed E-state index contributed by atoms with van der Waals surface area (Å²) in [6.07, 6.45) is 0. The molecule has 5 nitrogen and oxygen atoms in total. The van der Waals surface area contributed by atoms with Crippen molar-refractivity contribution in [2.75, 3.05) is 7.05 Å². The number of aromatic hydroxyl groups is 1. The van der Waals surface area contributed by atoms with Crippen LogP contribution < -0.4 is 5.56 Å². The Labute approximate surface area is 168 Å². The molecule has 1 atom stereocenters. The van der Waals surface area contributed by atoms with Crippen molar-refractivity contribution in [2.45, 2.75) is 19.9 Å². The molecule has 0 fully saturated rings. The Morgan fingerprint density at radius 2 is 1.71 bits per heavy atom. The molecule has 0 aliphatic rings. The van der Waals surface area contributed by atoms with Crippen LogP contribution in [-0.4, -0.2) is 27.9 Å². The second kappa shape index (κ2) is 7.90. The molecule has 1 unspecified atom stereocenters. The number of phenolic OH excluding ortho intramolecular Hbond substituents is 1. The van der Waals surface area contributed by atoms with Gasteiger partial charge in [0.15, 0.2) is 0 Å². The maximum atomic E-state index is 13.0. The lowest BCUT2D eigenvalue weighted by molar-refractivity contribution is 0.0741. The number of aryl methyl sites for hydroxylation is 1. The number of aromatic nitrogens is 1. The minimum Gasteiger partial charge on any atom is -0.508 e. The Balaban J connectivity index is 1.96. The number of nitrogens with one attached hydrogen (secondary N) is 1. The molecule has 0 saturated carbocycles. The number of hydrogen-bond acceptors (Lipinski definition) is 3. The van der Waals surface area contributed by atoms with Crippen LogP contribution in [0.4, 0.5) is 0 Å². The number of phenols is 1. The predicted molar refractivity (Wildman–Crippen MR) is 111 cm³/mol. The fourth-order valence-corrected chi connectivity index (χ4v) is 3.18. The Bertz CT molecular complexity index is 1060. The van der Waals surface area contributed by atoms with Gasteiger partial charge in [-0.3, -0.25) is 9.59 Å². The third-order valence-corrected chi connectivity index (χ3v) is 5.15. The first-order chi connectivity index (χ1) is 13.3. The average Bonchev–Trinajstić information content (AvgIpc) is 2.68. The van der Waals surface area contributed by atoms with Crippen LogP contribution in [-0.2, 0) is 0 Å². The van der Waals surface area contributed by atoms with Crippen LogP contribution in [0.15, 0.2) is 59.4 Å². The van der Waals surface area contributed by atoms with E-state index >= 15 is 0 Å². The molecule has 2 aromatic carbocycles. The van der Waals surface area contributed by atoms with E-state index in [0.29, 0.717) is 10.7 Å². The highest BCUT2D eigenvalue weighted by Crippen LogP contribution is 2.26. The normalized spacial score (nSPS) is 11.9. The molecule has 1 amide bonds. The number of carbonyl (C=O) groups is 1. The first kappa shape index (κ1) is 19.7. The van der Waals surface area contributed by atoms with Gasteiger partial charge in [0.05, 0.1) is 6.04 Å². The summed E-state index contributed by atoms with van der Waals surface area (Å²) in [5.41, 5.74) is 2.74. The molecule has 1 heterocycles. The summed E-state index contributed by atoms with van der Waals surface area (Å²) in [4.78, 5) is 29.8. The van der Waals surface area contributed by atoms with Crippen LogP contribution in [0, 0.1) is 6.92 Å². The van der Waals surface area contributed by atoms with Crippen LogP contribution in [0.25, 0.3) is 11.1 Å². The molecule has 3 rings (SSSR count). The van der Waals surface area contributed by atoms with Gasteiger partial charge in [-0.1, -0.05) is 35.9 Å². The standard InChI is InChI=1S/C22H21ClN2O3/c1-13-19(16-6-10-18(26)11-7-16)12-20(21(27)24-13)22(28)25(3)14(2)15-4-8-17(23)9-5-15/h4-12,14,26H,1-3H3,(H,24,27). The maximum Gasteiger partial charge on any atom is 0.261 e.